The van der Waals surface area contributed by atoms with Crippen LogP contribution in [0.5, 0.6) is 0 Å². The Hall–Kier alpha value is -2.99. The number of β-amino-alcohol motifs (C(OH)–C–C–N with tert-alkyl or cyclic N) is 1. The summed E-state index contributed by atoms with van der Waals surface area (Å²) in [7, 11) is 0. The van der Waals surface area contributed by atoms with Crippen molar-refractivity contribution in [1.29, 1.82) is 0 Å². The third-order valence-corrected chi connectivity index (χ3v) is 5.10. The predicted octanol–water partition coefficient (Wildman–Crippen LogP) is 3.76. The molecule has 4 rings (SSSR count). The van der Waals surface area contributed by atoms with Crippen LogP contribution in [0.3, 0.4) is 0 Å². The first-order valence-corrected chi connectivity index (χ1v) is 9.39. The fourth-order valence-corrected chi connectivity index (χ4v) is 3.60. The van der Waals surface area contributed by atoms with Gasteiger partial charge in [-0.05, 0) is 36.2 Å². The Morgan fingerprint density at radius 3 is 2.61 bits per heavy atom. The maximum absolute atomic E-state index is 12.8. The van der Waals surface area contributed by atoms with E-state index in [4.69, 9.17) is 9.73 Å². The van der Waals surface area contributed by atoms with E-state index in [0.717, 1.165) is 12.1 Å². The molecule has 164 valence electrons. The van der Waals surface area contributed by atoms with Crippen molar-refractivity contribution in [3.63, 3.8) is 0 Å². The van der Waals surface area contributed by atoms with Gasteiger partial charge < -0.3 is 20.1 Å². The van der Waals surface area contributed by atoms with Crippen LogP contribution in [0.25, 0.3) is 11.4 Å². The van der Waals surface area contributed by atoms with E-state index >= 15 is 0 Å². The summed E-state index contributed by atoms with van der Waals surface area (Å²) in [6, 6.07) is 10.4. The molecule has 0 spiro atoms. The summed E-state index contributed by atoms with van der Waals surface area (Å²) in [6.07, 6.45) is -4.73. The molecule has 0 bridgehead atoms. The molecule has 0 amide bonds. The molecule has 1 saturated heterocycles. The van der Waals surface area contributed by atoms with Crippen molar-refractivity contribution in [2.45, 2.75) is 31.3 Å². The zero-order chi connectivity index (χ0) is 22.2. The molecule has 2 atom stereocenters. The summed E-state index contributed by atoms with van der Waals surface area (Å²) in [5.74, 6) is 0.446. The molecule has 2 aromatic carbocycles. The minimum absolute atomic E-state index is 0.00377. The Labute approximate surface area is 174 Å². The largest absolute Gasteiger partial charge is 0.733 e. The van der Waals surface area contributed by atoms with E-state index < -0.39 is 23.9 Å². The van der Waals surface area contributed by atoms with Crippen LogP contribution in [0.15, 0.2) is 53.1 Å². The van der Waals surface area contributed by atoms with E-state index in [1.54, 1.807) is 12.1 Å². The number of hydrogen-bond acceptors (Lipinski definition) is 8. The first-order valence-electron chi connectivity index (χ1n) is 9.39. The van der Waals surface area contributed by atoms with Crippen LogP contribution in [-0.2, 0) is 12.7 Å². The summed E-state index contributed by atoms with van der Waals surface area (Å²) in [5, 5.41) is 33.9. The molecule has 1 fully saturated rings. The third kappa shape index (κ3) is 4.69. The Morgan fingerprint density at radius 2 is 1.94 bits per heavy atom. The molecule has 3 aromatic rings. The molecular weight excluding hydrogens is 417 g/mol. The zero-order valence-corrected chi connectivity index (χ0v) is 16.0. The highest BCUT2D eigenvalue weighted by atomic mass is 19.4. The number of nitrogens with zero attached hydrogens (tertiary/aromatic N) is 4. The number of benzene rings is 2. The van der Waals surface area contributed by atoms with Gasteiger partial charge in [-0.3, -0.25) is 10.1 Å². The summed E-state index contributed by atoms with van der Waals surface area (Å²) in [5.41, 5.74) is 0.384. The molecular formula is C20H18F3N4O4-. The van der Waals surface area contributed by atoms with Gasteiger partial charge in [0.05, 0.1) is 23.4 Å². The van der Waals surface area contributed by atoms with Gasteiger partial charge in [0.25, 0.3) is 0 Å². The Kier molecular flexibility index (Phi) is 5.67. The number of aliphatic hydroxyl groups excluding tert-OH is 1. The normalized spacial score (nSPS) is 19.7. The molecule has 2 unspecified atom stereocenters. The molecule has 0 saturated carbocycles. The van der Waals surface area contributed by atoms with Crippen LogP contribution in [0.4, 0.5) is 18.9 Å². The van der Waals surface area contributed by atoms with Crippen molar-refractivity contribution in [3.8, 4) is 11.4 Å². The van der Waals surface area contributed by atoms with Crippen molar-refractivity contribution in [1.82, 2.24) is 15.0 Å². The van der Waals surface area contributed by atoms with Gasteiger partial charge in [-0.1, -0.05) is 29.4 Å². The highest BCUT2D eigenvalue weighted by molar-refractivity contribution is 5.62. The maximum atomic E-state index is 12.8. The molecule has 2 N–H and O–H groups in total. The average molecular weight is 435 g/mol. The van der Waals surface area contributed by atoms with E-state index in [9.17, 15) is 23.5 Å². The molecule has 1 aliphatic rings. The standard InChI is InChI=1S/C20H18F3N4O4/c21-20(22,23)14-6-4-12(5-7-14)10-26-11-16(28)9-17(26)19-24-18(25-31-19)13-2-1-3-15(8-13)27(29)30/h1-8,16-17,28-29H,9-11H2/q-1. The number of hydrogen-bond donors (Lipinski definition) is 2. The van der Waals surface area contributed by atoms with E-state index in [1.807, 2.05) is 4.90 Å². The van der Waals surface area contributed by atoms with Crippen LogP contribution >= 0.6 is 0 Å². The number of alkyl halides is 3. The highest BCUT2D eigenvalue weighted by Gasteiger charge is 2.36. The van der Waals surface area contributed by atoms with Crippen molar-refractivity contribution >= 4 is 5.69 Å². The molecule has 0 radical (unpaired) electrons. The van der Waals surface area contributed by atoms with Crippen molar-refractivity contribution < 1.29 is 28.0 Å². The highest BCUT2D eigenvalue weighted by Crippen LogP contribution is 2.35. The first kappa shape index (κ1) is 21.2. The third-order valence-electron chi connectivity index (χ3n) is 5.10. The summed E-state index contributed by atoms with van der Waals surface area (Å²) in [6.45, 7) is 0.595. The van der Waals surface area contributed by atoms with Crippen LogP contribution in [0.2, 0.25) is 0 Å². The monoisotopic (exact) mass is 435 g/mol. The van der Waals surface area contributed by atoms with Gasteiger partial charge in [0.2, 0.25) is 11.7 Å². The van der Waals surface area contributed by atoms with Gasteiger partial charge in [-0.15, -0.1) is 0 Å². The molecule has 2 heterocycles. The lowest BCUT2D eigenvalue weighted by Crippen LogP contribution is -2.24. The Bertz CT molecular complexity index is 1040. The number of anilines is 1. The minimum atomic E-state index is -4.40. The fourth-order valence-electron chi connectivity index (χ4n) is 3.60. The number of aliphatic hydroxyl groups is 1. The topological polar surface area (TPSA) is 109 Å². The lowest BCUT2D eigenvalue weighted by atomic mass is 10.1. The number of likely N-dealkylation sites (tertiary alicyclic amines) is 1. The number of aromatic nitrogens is 2. The van der Waals surface area contributed by atoms with Crippen molar-refractivity contribution in [2.24, 2.45) is 0 Å². The lowest BCUT2D eigenvalue weighted by molar-refractivity contribution is -0.137. The Morgan fingerprint density at radius 1 is 1.19 bits per heavy atom. The molecule has 1 aliphatic heterocycles. The second-order valence-electron chi connectivity index (χ2n) is 7.31. The number of rotatable bonds is 5. The van der Waals surface area contributed by atoms with E-state index in [1.165, 1.54) is 24.3 Å². The maximum Gasteiger partial charge on any atom is 0.416 e. The summed E-state index contributed by atoms with van der Waals surface area (Å²) < 4.78 is 43.7. The molecule has 1 aromatic heterocycles. The molecule has 8 nitrogen and oxygen atoms in total. The minimum Gasteiger partial charge on any atom is -0.733 e. The Balaban J connectivity index is 1.53. The van der Waals surface area contributed by atoms with Crippen LogP contribution < -0.4 is 5.23 Å². The quantitative estimate of drug-likeness (QED) is 0.583. The zero-order valence-electron chi connectivity index (χ0n) is 16.0. The van der Waals surface area contributed by atoms with Crippen LogP contribution in [-0.4, -0.2) is 38.0 Å². The van der Waals surface area contributed by atoms with E-state index in [2.05, 4.69) is 10.1 Å². The smallest absolute Gasteiger partial charge is 0.416 e. The molecule has 11 heteroatoms. The van der Waals surface area contributed by atoms with E-state index in [-0.39, 0.29) is 22.6 Å². The summed E-state index contributed by atoms with van der Waals surface area (Å²) in [4.78, 5) is 6.21. The van der Waals surface area contributed by atoms with Gasteiger partial charge in [0, 0.05) is 18.7 Å². The average Bonchev–Trinajstić information content (AvgIpc) is 3.34. The first-order chi connectivity index (χ1) is 14.7. The van der Waals surface area contributed by atoms with Gasteiger partial charge in [-0.25, -0.2) is 0 Å². The second kappa shape index (κ2) is 8.27. The molecule has 0 aliphatic carbocycles. The van der Waals surface area contributed by atoms with Gasteiger partial charge >= 0.3 is 6.18 Å². The SMILES string of the molecule is [O-]N(O)c1cccc(-c2noc(C3CC(O)CN3Cc3ccc(C(F)(F)F)cc3)n2)c1. The van der Waals surface area contributed by atoms with E-state index in [0.29, 0.717) is 30.6 Å². The lowest BCUT2D eigenvalue weighted by Gasteiger charge is -2.21. The fraction of sp³-hybridized carbons (Fsp3) is 0.300. The number of halogens is 3. The predicted molar refractivity (Wildman–Crippen MR) is 103 cm³/mol. The van der Waals surface area contributed by atoms with Gasteiger partial charge in [0.15, 0.2) is 0 Å². The molecule has 31 heavy (non-hydrogen) atoms. The van der Waals surface area contributed by atoms with Crippen LogP contribution in [0, 0.1) is 5.21 Å². The van der Waals surface area contributed by atoms with Crippen LogP contribution in [0.1, 0.15) is 29.5 Å². The van der Waals surface area contributed by atoms with Crippen molar-refractivity contribution in [3.05, 3.63) is 70.8 Å². The summed E-state index contributed by atoms with van der Waals surface area (Å²) >= 11 is 0. The second-order valence-corrected chi connectivity index (χ2v) is 7.31. The van der Waals surface area contributed by atoms with Gasteiger partial charge in [0.1, 0.15) is 0 Å². The van der Waals surface area contributed by atoms with Gasteiger partial charge in [-0.2, -0.15) is 18.2 Å². The van der Waals surface area contributed by atoms with Crippen molar-refractivity contribution in [2.75, 3.05) is 11.8 Å².